The summed E-state index contributed by atoms with van der Waals surface area (Å²) in [6.07, 6.45) is 2.89. The number of esters is 2. The average Bonchev–Trinajstić information content (AvgIpc) is 2.86. The minimum atomic E-state index is -0.497. The first kappa shape index (κ1) is 23.5. The fourth-order valence-electron chi connectivity index (χ4n) is 2.85. The summed E-state index contributed by atoms with van der Waals surface area (Å²) in [6, 6.07) is 23.8. The molecule has 0 aliphatic rings. The molecule has 0 amide bonds. The zero-order valence-corrected chi connectivity index (χ0v) is 18.3. The second-order valence-electron chi connectivity index (χ2n) is 7.07. The van der Waals surface area contributed by atoms with Crippen LogP contribution in [-0.2, 0) is 9.53 Å². The second kappa shape index (κ2) is 12.0. The summed E-state index contributed by atoms with van der Waals surface area (Å²) in [7, 11) is 0. The van der Waals surface area contributed by atoms with E-state index in [0.717, 1.165) is 17.2 Å². The van der Waals surface area contributed by atoms with Gasteiger partial charge in [0.05, 0.1) is 11.6 Å². The lowest BCUT2D eigenvalue weighted by Gasteiger charge is -2.08. The van der Waals surface area contributed by atoms with Gasteiger partial charge in [0.15, 0.2) is 0 Å². The van der Waals surface area contributed by atoms with Gasteiger partial charge in [-0.3, -0.25) is 4.99 Å². The first-order valence-corrected chi connectivity index (χ1v) is 10.5. The Morgan fingerprint density at radius 2 is 1.58 bits per heavy atom. The van der Waals surface area contributed by atoms with E-state index < -0.39 is 11.9 Å². The van der Waals surface area contributed by atoms with E-state index in [9.17, 15) is 9.59 Å². The smallest absolute Gasteiger partial charge is 0.343 e. The topological polar surface area (TPSA) is 74.2 Å². The number of carbonyl (C=O) groups excluding carboxylic acids is 2. The van der Waals surface area contributed by atoms with Gasteiger partial charge in [0.25, 0.3) is 0 Å². The van der Waals surface area contributed by atoms with E-state index in [2.05, 4.69) is 11.6 Å². The van der Waals surface area contributed by atoms with E-state index in [1.54, 1.807) is 42.6 Å². The van der Waals surface area contributed by atoms with E-state index in [0.29, 0.717) is 17.1 Å². The number of benzene rings is 3. The molecular weight excluding hydrogens is 418 g/mol. The fraction of sp³-hybridized carbons (Fsp3) is 0.148. The van der Waals surface area contributed by atoms with Crippen molar-refractivity contribution in [3.63, 3.8) is 0 Å². The van der Waals surface area contributed by atoms with Gasteiger partial charge in [0.2, 0.25) is 0 Å². The minimum absolute atomic E-state index is 0.0463. The maximum absolute atomic E-state index is 12.4. The number of nitrogens with zero attached hydrogens (tertiary/aromatic N) is 1. The van der Waals surface area contributed by atoms with Gasteiger partial charge in [-0.25, -0.2) is 9.59 Å². The highest BCUT2D eigenvalue weighted by atomic mass is 16.6. The van der Waals surface area contributed by atoms with Crippen LogP contribution >= 0.6 is 0 Å². The van der Waals surface area contributed by atoms with Crippen LogP contribution in [0.1, 0.15) is 34.5 Å². The highest BCUT2D eigenvalue weighted by Gasteiger charge is 2.09. The molecule has 3 rings (SSSR count). The summed E-state index contributed by atoms with van der Waals surface area (Å²) in [5.74, 6) is 0.00894. The van der Waals surface area contributed by atoms with E-state index in [-0.39, 0.29) is 19.3 Å². The van der Waals surface area contributed by atoms with Crippen molar-refractivity contribution in [2.24, 2.45) is 4.99 Å². The highest BCUT2D eigenvalue weighted by molar-refractivity contribution is 5.92. The molecule has 0 aliphatic heterocycles. The molecule has 0 aromatic heterocycles. The lowest BCUT2D eigenvalue weighted by molar-refractivity contribution is -0.138. The van der Waals surface area contributed by atoms with Crippen molar-refractivity contribution in [3.8, 4) is 11.5 Å². The van der Waals surface area contributed by atoms with Crippen molar-refractivity contribution in [2.45, 2.75) is 13.0 Å². The molecule has 0 unspecified atom stereocenters. The predicted octanol–water partition coefficient (Wildman–Crippen LogP) is 5.19. The summed E-state index contributed by atoms with van der Waals surface area (Å²) in [5, 5.41) is 0. The summed E-state index contributed by atoms with van der Waals surface area (Å²) in [6.45, 7) is 5.68. The van der Waals surface area contributed by atoms with Crippen molar-refractivity contribution < 1.29 is 23.8 Å². The molecule has 3 aromatic carbocycles. The van der Waals surface area contributed by atoms with E-state index in [1.807, 2.05) is 49.4 Å². The average molecular weight is 443 g/mol. The molecule has 33 heavy (non-hydrogen) atoms. The maximum atomic E-state index is 12.4. The normalized spacial score (nSPS) is 11.5. The van der Waals surface area contributed by atoms with Crippen LogP contribution in [0.25, 0.3) is 0 Å². The Hall–Kier alpha value is -4.19. The largest absolute Gasteiger partial charge is 0.490 e. The predicted molar refractivity (Wildman–Crippen MR) is 127 cm³/mol. The van der Waals surface area contributed by atoms with Crippen LogP contribution in [0.3, 0.4) is 0 Å². The van der Waals surface area contributed by atoms with E-state index in [1.165, 1.54) is 0 Å². The Labute approximate surface area is 193 Å². The summed E-state index contributed by atoms with van der Waals surface area (Å²) >= 11 is 0. The molecule has 0 heterocycles. The Kier molecular flexibility index (Phi) is 8.54. The van der Waals surface area contributed by atoms with Gasteiger partial charge in [-0.1, -0.05) is 49.0 Å². The van der Waals surface area contributed by atoms with Gasteiger partial charge in [0, 0.05) is 12.3 Å². The van der Waals surface area contributed by atoms with Gasteiger partial charge in [-0.15, -0.1) is 0 Å². The van der Waals surface area contributed by atoms with Crippen LogP contribution in [0.4, 0.5) is 0 Å². The summed E-state index contributed by atoms with van der Waals surface area (Å²) in [5.41, 5.74) is 2.48. The monoisotopic (exact) mass is 443 g/mol. The number of carbonyl (C=O) groups is 2. The summed E-state index contributed by atoms with van der Waals surface area (Å²) in [4.78, 5) is 28.0. The third-order valence-electron chi connectivity index (χ3n) is 4.67. The third kappa shape index (κ3) is 7.47. The molecule has 0 spiro atoms. The van der Waals surface area contributed by atoms with Crippen LogP contribution in [-0.4, -0.2) is 31.4 Å². The second-order valence-corrected chi connectivity index (χ2v) is 7.07. The Morgan fingerprint density at radius 1 is 0.909 bits per heavy atom. The van der Waals surface area contributed by atoms with Gasteiger partial charge in [-0.05, 0) is 54.4 Å². The van der Waals surface area contributed by atoms with Gasteiger partial charge >= 0.3 is 11.9 Å². The third-order valence-corrected chi connectivity index (χ3v) is 4.67. The zero-order valence-electron chi connectivity index (χ0n) is 18.3. The molecule has 0 radical (unpaired) electrons. The molecule has 0 saturated heterocycles. The zero-order chi connectivity index (χ0) is 23.5. The first-order chi connectivity index (χ1) is 16.0. The van der Waals surface area contributed by atoms with E-state index >= 15 is 0 Å². The number of hydrogen-bond donors (Lipinski definition) is 0. The van der Waals surface area contributed by atoms with Crippen molar-refractivity contribution >= 4 is 18.2 Å². The minimum Gasteiger partial charge on any atom is -0.490 e. The molecule has 0 saturated carbocycles. The fourth-order valence-corrected chi connectivity index (χ4v) is 2.85. The van der Waals surface area contributed by atoms with Crippen LogP contribution in [0.2, 0.25) is 0 Å². The standard InChI is InChI=1S/C27H25NO5/c1-3-26(29)32-18-17-31-24-13-15-25(16-14-24)33-27(30)23-11-9-21(10-12-23)19-28-20(2)22-7-5-4-6-8-22/h3-16,19-20H,1,17-18H2,2H3/t20-/m0/s1. The molecule has 168 valence electrons. The Morgan fingerprint density at radius 3 is 2.24 bits per heavy atom. The van der Waals surface area contributed by atoms with Crippen LogP contribution in [0, 0.1) is 0 Å². The number of rotatable bonds is 10. The molecule has 0 bridgehead atoms. The molecule has 0 N–H and O–H groups in total. The van der Waals surface area contributed by atoms with Gasteiger partial charge in [0.1, 0.15) is 24.7 Å². The van der Waals surface area contributed by atoms with Crippen LogP contribution in [0.5, 0.6) is 11.5 Å². The lowest BCUT2D eigenvalue weighted by atomic mass is 10.1. The number of hydrogen-bond acceptors (Lipinski definition) is 6. The van der Waals surface area contributed by atoms with Gasteiger partial charge in [-0.2, -0.15) is 0 Å². The van der Waals surface area contributed by atoms with Crippen molar-refractivity contribution in [1.82, 2.24) is 0 Å². The van der Waals surface area contributed by atoms with Crippen molar-refractivity contribution in [2.75, 3.05) is 13.2 Å². The SMILES string of the molecule is C=CC(=O)OCCOc1ccc(OC(=O)c2ccc(C=N[C@@H](C)c3ccccc3)cc2)cc1. The van der Waals surface area contributed by atoms with Crippen LogP contribution < -0.4 is 9.47 Å². The quantitative estimate of drug-likeness (QED) is 0.142. The van der Waals surface area contributed by atoms with E-state index in [4.69, 9.17) is 14.2 Å². The first-order valence-electron chi connectivity index (χ1n) is 10.5. The number of ether oxygens (including phenoxy) is 3. The Balaban J connectivity index is 1.49. The molecular formula is C27H25NO5. The molecule has 6 heteroatoms. The molecule has 6 nitrogen and oxygen atoms in total. The molecule has 3 aromatic rings. The molecule has 0 fully saturated rings. The molecule has 1 atom stereocenters. The maximum Gasteiger partial charge on any atom is 0.343 e. The number of aliphatic imine (C=N–C) groups is 1. The molecule has 0 aliphatic carbocycles. The van der Waals surface area contributed by atoms with Crippen molar-refractivity contribution in [3.05, 3.63) is 108 Å². The highest BCUT2D eigenvalue weighted by Crippen LogP contribution is 2.19. The summed E-state index contributed by atoms with van der Waals surface area (Å²) < 4.78 is 15.7. The lowest BCUT2D eigenvalue weighted by Crippen LogP contribution is -2.10. The van der Waals surface area contributed by atoms with Crippen molar-refractivity contribution in [1.29, 1.82) is 0 Å². The Bertz CT molecular complexity index is 1090. The van der Waals surface area contributed by atoms with Crippen LogP contribution in [0.15, 0.2) is 96.5 Å². The van der Waals surface area contributed by atoms with Gasteiger partial charge < -0.3 is 14.2 Å².